The summed E-state index contributed by atoms with van der Waals surface area (Å²) in [7, 11) is 0. The van der Waals surface area contributed by atoms with Gasteiger partial charge in [0.1, 0.15) is 34.0 Å². The van der Waals surface area contributed by atoms with E-state index in [0.717, 1.165) is 94.7 Å². The highest BCUT2D eigenvalue weighted by Gasteiger charge is 2.23. The highest BCUT2D eigenvalue weighted by Crippen LogP contribution is 2.46. The fraction of sp³-hybridized carbons (Fsp3) is 0.0213. The van der Waals surface area contributed by atoms with Gasteiger partial charge in [0.2, 0.25) is 0 Å². The molecular weight excluding hydrogens is 627 g/mol. The largest absolute Gasteiger partial charge is 0.455 e. The van der Waals surface area contributed by atoms with Crippen molar-refractivity contribution in [2.24, 2.45) is 0 Å². The molecule has 51 heavy (non-hydrogen) atoms. The minimum Gasteiger partial charge on any atom is -0.455 e. The highest BCUT2D eigenvalue weighted by molar-refractivity contribution is 6.28. The van der Waals surface area contributed by atoms with Crippen LogP contribution in [0.4, 0.5) is 17.1 Å². The molecule has 7 aromatic carbocycles. The number of furan rings is 3. The van der Waals surface area contributed by atoms with Gasteiger partial charge in [-0.3, -0.25) is 0 Å². The Morgan fingerprint density at radius 2 is 0.843 bits per heavy atom. The lowest BCUT2D eigenvalue weighted by molar-refractivity contribution is 0.624. The molecule has 0 fully saturated rings. The van der Waals surface area contributed by atoms with Crippen LogP contribution in [0.25, 0.3) is 77.7 Å². The fourth-order valence-electron chi connectivity index (χ4n) is 7.21. The monoisotopic (exact) mass is 657 g/mol. The van der Waals surface area contributed by atoms with Crippen molar-refractivity contribution >= 4 is 60.7 Å². The van der Waals surface area contributed by atoms with Crippen molar-refractivity contribution in [2.45, 2.75) is 6.92 Å². The van der Waals surface area contributed by atoms with E-state index in [1.165, 1.54) is 5.56 Å². The van der Waals surface area contributed by atoms with Gasteiger partial charge in [-0.2, -0.15) is 0 Å². The molecule has 4 heteroatoms. The van der Waals surface area contributed by atoms with Gasteiger partial charge >= 0.3 is 0 Å². The van der Waals surface area contributed by atoms with E-state index >= 15 is 0 Å². The van der Waals surface area contributed by atoms with Crippen LogP contribution in [0.2, 0.25) is 0 Å². The molecule has 0 bridgehead atoms. The minimum absolute atomic E-state index is 0.785. The normalized spacial score (nSPS) is 11.6. The van der Waals surface area contributed by atoms with Crippen molar-refractivity contribution in [1.29, 1.82) is 0 Å². The number of nitrogens with zero attached hydrogens (tertiary/aromatic N) is 1. The van der Waals surface area contributed by atoms with Crippen LogP contribution in [0.5, 0.6) is 0 Å². The Kier molecular flexibility index (Phi) is 6.68. The predicted octanol–water partition coefficient (Wildman–Crippen LogP) is 13.9. The van der Waals surface area contributed by atoms with Crippen molar-refractivity contribution in [3.05, 3.63) is 175 Å². The van der Waals surface area contributed by atoms with Crippen LogP contribution in [0.3, 0.4) is 0 Å². The minimum atomic E-state index is 0.785. The average Bonchev–Trinajstić information content (AvgIpc) is 3.94. The van der Waals surface area contributed by atoms with Gasteiger partial charge in [0, 0.05) is 55.3 Å². The number of aryl methyl sites for hydroxylation is 1. The quantitative estimate of drug-likeness (QED) is 0.178. The summed E-state index contributed by atoms with van der Waals surface area (Å²) in [5, 5.41) is 4.87. The molecule has 0 saturated carbocycles. The molecular formula is C47H31NO3. The number of anilines is 3. The van der Waals surface area contributed by atoms with E-state index < -0.39 is 0 Å². The number of hydrogen-bond donors (Lipinski definition) is 0. The summed E-state index contributed by atoms with van der Waals surface area (Å²) in [5.41, 5.74) is 9.89. The Morgan fingerprint density at radius 3 is 1.47 bits per heavy atom. The van der Waals surface area contributed by atoms with Gasteiger partial charge in [-0.1, -0.05) is 103 Å². The van der Waals surface area contributed by atoms with E-state index in [0.29, 0.717) is 0 Å². The van der Waals surface area contributed by atoms with E-state index in [1.54, 1.807) is 0 Å². The molecule has 3 heterocycles. The Hall–Kier alpha value is -6.78. The van der Waals surface area contributed by atoms with Crippen molar-refractivity contribution in [2.75, 3.05) is 4.90 Å². The van der Waals surface area contributed by atoms with Gasteiger partial charge in [0.05, 0.1) is 5.39 Å². The lowest BCUT2D eigenvalue weighted by Gasteiger charge is -2.25. The zero-order chi connectivity index (χ0) is 33.9. The first kappa shape index (κ1) is 29.2. The van der Waals surface area contributed by atoms with Crippen LogP contribution in [-0.4, -0.2) is 0 Å². The summed E-state index contributed by atoms with van der Waals surface area (Å²) < 4.78 is 20.2. The van der Waals surface area contributed by atoms with Crippen molar-refractivity contribution in [3.8, 4) is 34.0 Å². The number of rotatable bonds is 6. The second-order valence-corrected chi connectivity index (χ2v) is 13.0. The Bertz CT molecular complexity index is 2790. The molecule has 0 unspecified atom stereocenters. The average molecular weight is 658 g/mol. The first-order valence-electron chi connectivity index (χ1n) is 17.2. The molecule has 242 valence electrons. The molecule has 3 aromatic heterocycles. The first-order valence-corrected chi connectivity index (χ1v) is 17.2. The van der Waals surface area contributed by atoms with E-state index in [2.05, 4.69) is 151 Å². The van der Waals surface area contributed by atoms with Gasteiger partial charge in [-0.25, -0.2) is 0 Å². The summed E-state index contributed by atoms with van der Waals surface area (Å²) in [6.07, 6.45) is 0. The van der Waals surface area contributed by atoms with Crippen LogP contribution >= 0.6 is 0 Å². The van der Waals surface area contributed by atoms with Gasteiger partial charge in [-0.05, 0) is 79.7 Å². The molecule has 0 aliphatic rings. The molecule has 4 nitrogen and oxygen atoms in total. The smallest absolute Gasteiger partial charge is 0.147 e. The molecule has 0 radical (unpaired) electrons. The molecule has 10 aromatic rings. The van der Waals surface area contributed by atoms with Crippen LogP contribution in [0, 0.1) is 6.92 Å². The van der Waals surface area contributed by atoms with Crippen LogP contribution in [0.15, 0.2) is 183 Å². The first-order chi connectivity index (χ1) is 25.2. The number of para-hydroxylation sites is 2. The molecule has 0 aliphatic carbocycles. The third kappa shape index (κ3) is 4.92. The molecule has 0 atom stereocenters. The fourth-order valence-corrected chi connectivity index (χ4v) is 7.21. The van der Waals surface area contributed by atoms with Crippen molar-refractivity contribution in [3.63, 3.8) is 0 Å². The van der Waals surface area contributed by atoms with Crippen molar-refractivity contribution < 1.29 is 13.3 Å². The van der Waals surface area contributed by atoms with Gasteiger partial charge in [0.15, 0.2) is 0 Å². The topological polar surface area (TPSA) is 42.7 Å². The maximum absolute atomic E-state index is 6.82. The maximum atomic E-state index is 6.82. The Balaban J connectivity index is 1.16. The van der Waals surface area contributed by atoms with Gasteiger partial charge < -0.3 is 18.2 Å². The lowest BCUT2D eigenvalue weighted by atomic mass is 10.0. The maximum Gasteiger partial charge on any atom is 0.147 e. The zero-order valence-electron chi connectivity index (χ0n) is 27.8. The Morgan fingerprint density at radius 1 is 0.373 bits per heavy atom. The molecule has 0 saturated heterocycles. The SMILES string of the molecule is Cc1ccc(-c2cc3ccc4c5oc(-c6ccc(N(c7ccccc7)c7ccccc7)cc6)cc5c5cc(-c6ccccc6)oc5c4c3o2)cc1. The summed E-state index contributed by atoms with van der Waals surface area (Å²) in [6.45, 7) is 2.09. The van der Waals surface area contributed by atoms with Crippen molar-refractivity contribution in [1.82, 2.24) is 0 Å². The summed E-state index contributed by atoms with van der Waals surface area (Å²) in [5.74, 6) is 2.41. The molecule has 10 rings (SSSR count). The molecule has 0 N–H and O–H groups in total. The molecule has 0 spiro atoms. The summed E-state index contributed by atoms with van der Waals surface area (Å²) >= 11 is 0. The van der Waals surface area contributed by atoms with E-state index in [-0.39, 0.29) is 0 Å². The highest BCUT2D eigenvalue weighted by atomic mass is 16.4. The number of hydrogen-bond acceptors (Lipinski definition) is 4. The second-order valence-electron chi connectivity index (χ2n) is 13.0. The van der Waals surface area contributed by atoms with E-state index in [9.17, 15) is 0 Å². The van der Waals surface area contributed by atoms with Gasteiger partial charge in [0.25, 0.3) is 0 Å². The standard InChI is InChI=1S/C47H31NO3/c1-30-17-19-32(20-18-30)41-27-34-23-26-38-44(45(34)49-41)47-40(29-42(51-47)31-11-5-2-6-12-31)39-28-43(50-46(38)39)33-21-24-37(25-22-33)48(35-13-7-3-8-14-35)36-15-9-4-10-16-36/h2-29H,1H3. The second kappa shape index (κ2) is 11.7. The predicted molar refractivity (Wildman–Crippen MR) is 209 cm³/mol. The van der Waals surface area contributed by atoms with E-state index in [1.807, 2.05) is 30.3 Å². The third-order valence-electron chi connectivity index (χ3n) is 9.75. The zero-order valence-corrected chi connectivity index (χ0v) is 27.8. The van der Waals surface area contributed by atoms with E-state index in [4.69, 9.17) is 13.3 Å². The number of fused-ring (bicyclic) bond motifs is 8. The van der Waals surface area contributed by atoms with Gasteiger partial charge in [-0.15, -0.1) is 0 Å². The lowest BCUT2D eigenvalue weighted by Crippen LogP contribution is -2.09. The molecule has 0 amide bonds. The molecule has 0 aliphatic heterocycles. The van der Waals surface area contributed by atoms with Crippen LogP contribution in [0.1, 0.15) is 5.56 Å². The Labute approximate surface area is 294 Å². The third-order valence-corrected chi connectivity index (χ3v) is 9.75. The van der Waals surface area contributed by atoms with Crippen LogP contribution in [-0.2, 0) is 0 Å². The number of benzene rings is 7. The summed E-state index contributed by atoms with van der Waals surface area (Å²) in [4.78, 5) is 2.26. The summed E-state index contributed by atoms with van der Waals surface area (Å²) in [6, 6.07) is 58.7. The van der Waals surface area contributed by atoms with Crippen LogP contribution < -0.4 is 4.90 Å².